The molecule has 0 radical (unpaired) electrons. The van der Waals surface area contributed by atoms with Crippen LogP contribution in [0.3, 0.4) is 0 Å². The lowest BCUT2D eigenvalue weighted by atomic mass is 10.2. The molecule has 2 heteroatoms. The van der Waals surface area contributed by atoms with Crippen LogP contribution in [0.1, 0.15) is 5.56 Å². The third-order valence-corrected chi connectivity index (χ3v) is 4.21. The highest BCUT2D eigenvalue weighted by Crippen LogP contribution is 1.96. The van der Waals surface area contributed by atoms with Crippen molar-refractivity contribution in [2.75, 3.05) is 7.11 Å². The van der Waals surface area contributed by atoms with E-state index in [0.29, 0.717) is 0 Å². The minimum atomic E-state index is -1.08. The van der Waals surface area contributed by atoms with E-state index in [1.807, 2.05) is 0 Å². The van der Waals surface area contributed by atoms with Crippen LogP contribution in [0, 0.1) is 6.92 Å². The summed E-state index contributed by atoms with van der Waals surface area (Å²) in [4.78, 5) is 0. The van der Waals surface area contributed by atoms with Gasteiger partial charge in [-0.05, 0) is 24.2 Å². The quantitative estimate of drug-likeness (QED) is 0.600. The molecule has 0 fully saturated rings. The number of aryl methyl sites for hydroxylation is 1. The van der Waals surface area contributed by atoms with Crippen LogP contribution in [-0.2, 0) is 4.43 Å². The predicted octanol–water partition coefficient (Wildman–Crippen LogP) is 1.20. The first-order chi connectivity index (χ1) is 5.25. The van der Waals surface area contributed by atoms with Gasteiger partial charge in [0.05, 0.1) is 0 Å². The first-order valence-electron chi connectivity index (χ1n) is 3.84. The Morgan fingerprint density at radius 3 is 2.45 bits per heavy atom. The van der Waals surface area contributed by atoms with Crippen molar-refractivity contribution in [2.45, 2.75) is 13.5 Å². The van der Waals surface area contributed by atoms with Gasteiger partial charge in [-0.15, -0.1) is 0 Å². The molecule has 1 unspecified atom stereocenters. The average Bonchev–Trinajstić information content (AvgIpc) is 2.04. The Kier molecular flexibility index (Phi) is 2.85. The molecule has 0 aliphatic heterocycles. The summed E-state index contributed by atoms with van der Waals surface area (Å²) in [7, 11) is 0.716. The molecule has 0 aromatic heterocycles. The van der Waals surface area contributed by atoms with Crippen molar-refractivity contribution in [3.05, 3.63) is 29.8 Å². The highest BCUT2D eigenvalue weighted by molar-refractivity contribution is 6.66. The third-order valence-electron chi connectivity index (χ3n) is 1.98. The fourth-order valence-electron chi connectivity index (χ4n) is 1.17. The second-order valence-corrected chi connectivity index (χ2v) is 5.11. The third kappa shape index (κ3) is 1.91. The zero-order chi connectivity index (χ0) is 8.27. The van der Waals surface area contributed by atoms with Crippen LogP contribution in [-0.4, -0.2) is 16.2 Å². The molecule has 0 bridgehead atoms. The molecule has 0 saturated carbocycles. The largest absolute Gasteiger partial charge is 0.419 e. The molecule has 0 heterocycles. The Balaban J connectivity index is 2.93. The molecule has 1 rings (SSSR count). The summed E-state index contributed by atoms with van der Waals surface area (Å²) in [6, 6.07) is 8.44. The van der Waals surface area contributed by atoms with Crippen molar-refractivity contribution in [1.82, 2.24) is 0 Å². The summed E-state index contributed by atoms with van der Waals surface area (Å²) >= 11 is 0. The molecular weight excluding hydrogens is 152 g/mol. The Labute approximate surface area is 69.7 Å². The average molecular weight is 166 g/mol. The first kappa shape index (κ1) is 8.49. The normalized spacial score (nSPS) is 13.0. The summed E-state index contributed by atoms with van der Waals surface area (Å²) in [6.45, 7) is 4.33. The van der Waals surface area contributed by atoms with E-state index in [0.717, 1.165) is 0 Å². The first-order valence-corrected chi connectivity index (χ1v) is 6.04. The lowest BCUT2D eigenvalue weighted by Gasteiger charge is -2.09. The fourth-order valence-corrected chi connectivity index (χ4v) is 2.54. The van der Waals surface area contributed by atoms with Crippen LogP contribution in [0.2, 0.25) is 6.55 Å². The summed E-state index contributed by atoms with van der Waals surface area (Å²) in [5.74, 6) is 0. The van der Waals surface area contributed by atoms with Gasteiger partial charge in [0.15, 0.2) is 0 Å². The lowest BCUT2D eigenvalue weighted by molar-refractivity contribution is 0.434. The van der Waals surface area contributed by atoms with Crippen molar-refractivity contribution < 1.29 is 4.43 Å². The van der Waals surface area contributed by atoms with E-state index < -0.39 is 9.04 Å². The summed E-state index contributed by atoms with van der Waals surface area (Å²) in [6.07, 6.45) is 0. The summed E-state index contributed by atoms with van der Waals surface area (Å²) in [5.41, 5.74) is 1.36. The van der Waals surface area contributed by atoms with Crippen molar-refractivity contribution in [1.29, 1.82) is 0 Å². The van der Waals surface area contributed by atoms with Gasteiger partial charge in [-0.3, -0.25) is 0 Å². The maximum absolute atomic E-state index is 5.36. The van der Waals surface area contributed by atoms with E-state index in [4.69, 9.17) is 4.43 Å². The zero-order valence-corrected chi connectivity index (χ0v) is 8.45. The van der Waals surface area contributed by atoms with Crippen molar-refractivity contribution in [3.8, 4) is 0 Å². The summed E-state index contributed by atoms with van der Waals surface area (Å²) in [5, 5.41) is 1.41. The van der Waals surface area contributed by atoms with Crippen molar-refractivity contribution in [2.24, 2.45) is 0 Å². The monoisotopic (exact) mass is 166 g/mol. The van der Waals surface area contributed by atoms with Gasteiger partial charge < -0.3 is 4.43 Å². The molecule has 11 heavy (non-hydrogen) atoms. The van der Waals surface area contributed by atoms with Crippen molar-refractivity contribution >= 4 is 14.2 Å². The topological polar surface area (TPSA) is 9.23 Å². The van der Waals surface area contributed by atoms with E-state index in [-0.39, 0.29) is 0 Å². The fraction of sp³-hybridized carbons (Fsp3) is 0.333. The van der Waals surface area contributed by atoms with Gasteiger partial charge in [0, 0.05) is 7.11 Å². The molecule has 0 N–H and O–H groups in total. The molecular formula is C9H14OSi. The maximum Gasteiger partial charge on any atom is 0.204 e. The highest BCUT2D eigenvalue weighted by Gasteiger charge is 2.07. The van der Waals surface area contributed by atoms with E-state index >= 15 is 0 Å². The molecule has 1 aromatic rings. The van der Waals surface area contributed by atoms with Crippen LogP contribution in [0.4, 0.5) is 0 Å². The minimum Gasteiger partial charge on any atom is -0.419 e. The van der Waals surface area contributed by atoms with Gasteiger partial charge in [0.2, 0.25) is 9.04 Å². The highest BCUT2D eigenvalue weighted by atomic mass is 28.3. The van der Waals surface area contributed by atoms with E-state index in [1.54, 1.807) is 7.11 Å². The molecule has 0 aliphatic carbocycles. The van der Waals surface area contributed by atoms with Crippen LogP contribution in [0.5, 0.6) is 0 Å². The molecule has 60 valence electrons. The second kappa shape index (κ2) is 3.69. The maximum atomic E-state index is 5.36. The SMILES string of the molecule is CO[SiH](C)c1ccccc1C. The standard InChI is InChI=1S/C9H14OSi/c1-8-6-4-5-7-9(8)11(3)10-2/h4-7,11H,1-3H3. The molecule has 1 atom stereocenters. The molecule has 1 nitrogen and oxygen atoms in total. The Hall–Kier alpha value is -0.603. The number of benzene rings is 1. The smallest absolute Gasteiger partial charge is 0.204 e. The van der Waals surface area contributed by atoms with Gasteiger partial charge in [0.25, 0.3) is 0 Å². The molecule has 1 aromatic carbocycles. The van der Waals surface area contributed by atoms with Crippen LogP contribution < -0.4 is 5.19 Å². The predicted molar refractivity (Wildman–Crippen MR) is 50.8 cm³/mol. The molecule has 0 aliphatic rings. The number of hydrogen-bond acceptors (Lipinski definition) is 1. The lowest BCUT2D eigenvalue weighted by Crippen LogP contribution is -2.30. The van der Waals surface area contributed by atoms with Gasteiger partial charge in [-0.25, -0.2) is 0 Å². The number of rotatable bonds is 2. The van der Waals surface area contributed by atoms with Gasteiger partial charge in [-0.2, -0.15) is 0 Å². The van der Waals surface area contributed by atoms with Gasteiger partial charge in [0.1, 0.15) is 0 Å². The Morgan fingerprint density at radius 2 is 1.91 bits per heavy atom. The molecule has 0 amide bonds. The van der Waals surface area contributed by atoms with Crippen LogP contribution in [0.15, 0.2) is 24.3 Å². The van der Waals surface area contributed by atoms with Crippen LogP contribution >= 0.6 is 0 Å². The summed E-state index contributed by atoms with van der Waals surface area (Å²) < 4.78 is 5.36. The zero-order valence-electron chi connectivity index (χ0n) is 7.29. The van der Waals surface area contributed by atoms with Crippen molar-refractivity contribution in [3.63, 3.8) is 0 Å². The van der Waals surface area contributed by atoms with Gasteiger partial charge in [-0.1, -0.05) is 24.3 Å². The minimum absolute atomic E-state index is 1.08. The van der Waals surface area contributed by atoms with E-state index in [2.05, 4.69) is 37.7 Å². The Bertz CT molecular complexity index is 235. The van der Waals surface area contributed by atoms with E-state index in [9.17, 15) is 0 Å². The number of hydrogen-bond donors (Lipinski definition) is 0. The second-order valence-electron chi connectivity index (χ2n) is 2.73. The van der Waals surface area contributed by atoms with Gasteiger partial charge >= 0.3 is 0 Å². The molecule has 0 saturated heterocycles. The van der Waals surface area contributed by atoms with E-state index in [1.165, 1.54) is 10.8 Å². The Morgan fingerprint density at radius 1 is 1.27 bits per heavy atom. The molecule has 0 spiro atoms. The van der Waals surface area contributed by atoms with Crippen LogP contribution in [0.25, 0.3) is 0 Å².